The molecule has 1 aromatic carbocycles. The van der Waals surface area contributed by atoms with E-state index in [1.165, 1.54) is 29.5 Å². The maximum Gasteiger partial charge on any atom is 0.416 e. The van der Waals surface area contributed by atoms with Gasteiger partial charge in [0, 0.05) is 30.6 Å². The van der Waals surface area contributed by atoms with Gasteiger partial charge < -0.3 is 9.15 Å². The number of aromatic nitrogens is 1. The highest BCUT2D eigenvalue weighted by Gasteiger charge is 2.31. The minimum absolute atomic E-state index is 0.154. The summed E-state index contributed by atoms with van der Waals surface area (Å²) < 4.78 is 50.4. The first kappa shape index (κ1) is 23.5. The van der Waals surface area contributed by atoms with Crippen LogP contribution >= 0.6 is 11.3 Å². The second-order valence-corrected chi connectivity index (χ2v) is 9.07. The van der Waals surface area contributed by atoms with E-state index in [1.807, 2.05) is 19.2 Å². The number of rotatable bonds is 5. The van der Waals surface area contributed by atoms with Gasteiger partial charge in [-0.15, -0.1) is 11.3 Å². The Hall–Kier alpha value is -2.69. The van der Waals surface area contributed by atoms with Gasteiger partial charge >= 0.3 is 6.18 Å². The second-order valence-electron chi connectivity index (χ2n) is 8.21. The number of furan rings is 1. The van der Waals surface area contributed by atoms with Crippen LogP contribution in [-0.2, 0) is 17.5 Å². The number of morpholine rings is 1. The summed E-state index contributed by atoms with van der Waals surface area (Å²) in [5.41, 5.74) is 0.567. The summed E-state index contributed by atoms with van der Waals surface area (Å²) >= 11 is 1.32. The van der Waals surface area contributed by atoms with Crippen LogP contribution in [0.1, 0.15) is 41.2 Å². The summed E-state index contributed by atoms with van der Waals surface area (Å²) in [6.07, 6.45) is -4.15. The molecule has 1 aliphatic rings. The summed E-state index contributed by atoms with van der Waals surface area (Å²) in [7, 11) is 0. The predicted molar refractivity (Wildman–Crippen MR) is 119 cm³/mol. The first-order chi connectivity index (χ1) is 15.6. The number of nitrogens with one attached hydrogen (secondary N) is 1. The lowest BCUT2D eigenvalue weighted by atomic mass is 10.1. The number of carbonyl (C=O) groups excluding carboxylic acids is 1. The van der Waals surface area contributed by atoms with Crippen LogP contribution in [0.25, 0.3) is 11.3 Å². The average Bonchev–Trinajstić information content (AvgIpc) is 3.33. The Kier molecular flexibility index (Phi) is 6.60. The van der Waals surface area contributed by atoms with Gasteiger partial charge in [-0.3, -0.25) is 15.0 Å². The van der Waals surface area contributed by atoms with Crippen LogP contribution in [0.3, 0.4) is 0 Å². The van der Waals surface area contributed by atoms with Crippen molar-refractivity contribution in [3.8, 4) is 11.3 Å². The number of ether oxygens (including phenoxy) is 1. The van der Waals surface area contributed by atoms with Crippen molar-refractivity contribution in [2.24, 2.45) is 0 Å². The van der Waals surface area contributed by atoms with Crippen molar-refractivity contribution in [1.29, 1.82) is 0 Å². The number of amides is 1. The lowest BCUT2D eigenvalue weighted by Gasteiger charge is -2.34. The van der Waals surface area contributed by atoms with Crippen molar-refractivity contribution >= 4 is 22.4 Å². The number of hydrogen-bond donors (Lipinski definition) is 1. The van der Waals surface area contributed by atoms with Gasteiger partial charge in [-0.2, -0.15) is 13.2 Å². The third-order valence-electron chi connectivity index (χ3n) is 5.29. The highest BCUT2D eigenvalue weighted by molar-refractivity contribution is 7.14. The topological polar surface area (TPSA) is 67.6 Å². The molecule has 3 heterocycles. The van der Waals surface area contributed by atoms with Gasteiger partial charge in [0.1, 0.15) is 11.5 Å². The van der Waals surface area contributed by atoms with Crippen molar-refractivity contribution in [1.82, 2.24) is 9.88 Å². The van der Waals surface area contributed by atoms with E-state index in [4.69, 9.17) is 9.15 Å². The Morgan fingerprint density at radius 2 is 1.97 bits per heavy atom. The molecule has 4 rings (SSSR count). The van der Waals surface area contributed by atoms with Gasteiger partial charge in [0.05, 0.1) is 29.0 Å². The maximum absolute atomic E-state index is 13.0. The van der Waals surface area contributed by atoms with Crippen molar-refractivity contribution in [3.63, 3.8) is 0 Å². The number of aryl methyl sites for hydroxylation is 1. The van der Waals surface area contributed by atoms with Crippen LogP contribution in [0.15, 0.2) is 40.1 Å². The molecular formula is C23H24F3N3O3S. The first-order valence-corrected chi connectivity index (χ1v) is 11.4. The zero-order valence-corrected chi connectivity index (χ0v) is 19.2. The van der Waals surface area contributed by atoms with Crippen molar-refractivity contribution in [3.05, 3.63) is 58.3 Å². The van der Waals surface area contributed by atoms with E-state index in [0.29, 0.717) is 17.4 Å². The smallest absolute Gasteiger partial charge is 0.416 e. The van der Waals surface area contributed by atoms with Crippen LogP contribution in [0.2, 0.25) is 0 Å². The molecule has 2 atom stereocenters. The molecule has 6 nitrogen and oxygen atoms in total. The van der Waals surface area contributed by atoms with E-state index in [0.717, 1.165) is 30.9 Å². The number of halogens is 3. The molecule has 0 spiro atoms. The molecule has 1 saturated heterocycles. The highest BCUT2D eigenvalue weighted by Crippen LogP contribution is 2.33. The summed E-state index contributed by atoms with van der Waals surface area (Å²) in [4.78, 5) is 19.5. The molecule has 1 aliphatic heterocycles. The van der Waals surface area contributed by atoms with Gasteiger partial charge in [-0.1, -0.05) is 12.1 Å². The average molecular weight is 480 g/mol. The van der Waals surface area contributed by atoms with Gasteiger partial charge in [0.15, 0.2) is 5.13 Å². The molecule has 10 heteroatoms. The van der Waals surface area contributed by atoms with Gasteiger partial charge in [0.2, 0.25) is 0 Å². The normalized spacial score (nSPS) is 19.6. The van der Waals surface area contributed by atoms with Gasteiger partial charge in [-0.05, 0) is 39.0 Å². The number of hydrogen-bond acceptors (Lipinski definition) is 6. The van der Waals surface area contributed by atoms with Crippen molar-refractivity contribution in [2.75, 3.05) is 18.4 Å². The van der Waals surface area contributed by atoms with Crippen molar-refractivity contribution < 1.29 is 27.1 Å². The lowest BCUT2D eigenvalue weighted by Crippen LogP contribution is -2.44. The minimum Gasteiger partial charge on any atom is -0.461 e. The molecular weight excluding hydrogens is 455 g/mol. The van der Waals surface area contributed by atoms with Gasteiger partial charge in [-0.25, -0.2) is 4.98 Å². The molecule has 33 heavy (non-hydrogen) atoms. The van der Waals surface area contributed by atoms with E-state index in [2.05, 4.69) is 15.2 Å². The zero-order valence-electron chi connectivity index (χ0n) is 18.4. The molecule has 0 unspecified atom stereocenters. The molecule has 0 aliphatic carbocycles. The fraction of sp³-hybridized carbons (Fsp3) is 0.391. The fourth-order valence-corrected chi connectivity index (χ4v) is 4.64. The van der Waals surface area contributed by atoms with Crippen LogP contribution in [0.4, 0.5) is 18.3 Å². The molecule has 1 N–H and O–H groups in total. The molecule has 0 radical (unpaired) electrons. The third-order valence-corrected chi connectivity index (χ3v) is 6.10. The quantitative estimate of drug-likeness (QED) is 0.517. The number of carbonyl (C=O) groups is 1. The van der Waals surface area contributed by atoms with E-state index in [9.17, 15) is 18.0 Å². The molecule has 2 aromatic heterocycles. The fourth-order valence-electron chi connectivity index (χ4n) is 3.94. The number of alkyl halides is 3. The maximum atomic E-state index is 13.0. The van der Waals surface area contributed by atoms with Crippen LogP contribution in [0.5, 0.6) is 0 Å². The molecule has 1 fully saturated rings. The first-order valence-electron chi connectivity index (χ1n) is 10.5. The number of anilines is 1. The minimum atomic E-state index is -4.46. The molecule has 3 aromatic rings. The molecule has 176 valence electrons. The monoisotopic (exact) mass is 479 g/mol. The Morgan fingerprint density at radius 1 is 1.24 bits per heavy atom. The van der Waals surface area contributed by atoms with Gasteiger partial charge in [0.25, 0.3) is 5.91 Å². The predicted octanol–water partition coefficient (Wildman–Crippen LogP) is 5.59. The van der Waals surface area contributed by atoms with E-state index in [1.54, 1.807) is 6.92 Å². The van der Waals surface area contributed by atoms with E-state index < -0.39 is 17.6 Å². The summed E-state index contributed by atoms with van der Waals surface area (Å²) in [6, 6.07) is 6.26. The summed E-state index contributed by atoms with van der Waals surface area (Å²) in [6.45, 7) is 7.97. The molecule has 0 saturated carbocycles. The van der Waals surface area contributed by atoms with Crippen LogP contribution in [0, 0.1) is 6.92 Å². The zero-order chi connectivity index (χ0) is 23.8. The Labute approximate surface area is 193 Å². The van der Waals surface area contributed by atoms with Crippen LogP contribution < -0.4 is 5.32 Å². The standard InChI is InChI=1S/C23H24F3N3O3S/c1-13-9-29(10-14(2)31-13)11-18-12-33-22(27-18)28-21(30)19-8-20(32-15(19)3)16-5-4-6-17(7-16)23(24,25)26/h4-8,12-14H,9-11H2,1-3H3,(H,27,28,30)/t13-,14+. The van der Waals surface area contributed by atoms with E-state index in [-0.39, 0.29) is 29.1 Å². The Balaban J connectivity index is 1.44. The molecule has 1 amide bonds. The number of nitrogens with zero attached hydrogens (tertiary/aromatic N) is 2. The summed E-state index contributed by atoms with van der Waals surface area (Å²) in [5, 5.41) is 5.11. The Morgan fingerprint density at radius 3 is 2.67 bits per heavy atom. The SMILES string of the molecule is Cc1oc(-c2cccc(C(F)(F)F)c2)cc1C(=O)Nc1nc(CN2C[C@@H](C)O[C@@H](C)C2)cs1. The number of benzene rings is 1. The summed E-state index contributed by atoms with van der Waals surface area (Å²) in [5.74, 6) is 0.0797. The Bertz CT molecular complexity index is 1130. The van der Waals surface area contributed by atoms with E-state index >= 15 is 0 Å². The lowest BCUT2D eigenvalue weighted by molar-refractivity contribution is -0.137. The number of thiazole rings is 1. The van der Waals surface area contributed by atoms with Crippen LogP contribution in [-0.4, -0.2) is 41.1 Å². The molecule has 0 bridgehead atoms. The largest absolute Gasteiger partial charge is 0.461 e. The third kappa shape index (κ3) is 5.63. The second kappa shape index (κ2) is 9.28. The highest BCUT2D eigenvalue weighted by atomic mass is 32.1. The van der Waals surface area contributed by atoms with Crippen molar-refractivity contribution in [2.45, 2.75) is 45.7 Å².